The lowest BCUT2D eigenvalue weighted by molar-refractivity contribution is 0.539. The van der Waals surface area contributed by atoms with Gasteiger partial charge >= 0.3 is 0 Å². The van der Waals surface area contributed by atoms with Crippen molar-refractivity contribution in [3.05, 3.63) is 35.6 Å². The zero-order chi connectivity index (χ0) is 13.7. The van der Waals surface area contributed by atoms with Gasteiger partial charge in [-0.25, -0.2) is 0 Å². The van der Waals surface area contributed by atoms with E-state index >= 15 is 0 Å². The van der Waals surface area contributed by atoms with Crippen LogP contribution in [0.1, 0.15) is 26.3 Å². The summed E-state index contributed by atoms with van der Waals surface area (Å²) in [6.07, 6.45) is 1.07. The summed E-state index contributed by atoms with van der Waals surface area (Å²) in [6.45, 7) is 4.34. The van der Waals surface area contributed by atoms with Gasteiger partial charge in [0.25, 0.3) is 0 Å². The summed E-state index contributed by atoms with van der Waals surface area (Å²) in [5.74, 6) is 3.12. The number of benzene rings is 1. The second kappa shape index (κ2) is 6.96. The molecule has 1 aromatic carbocycles. The Morgan fingerprint density at radius 1 is 1.26 bits per heavy atom. The SMILES string of the molecule is CCSCCC(C)n1c(Cl)nnc1-c1ccccc1. The van der Waals surface area contributed by atoms with Gasteiger partial charge in [0.2, 0.25) is 5.28 Å². The number of hydrogen-bond acceptors (Lipinski definition) is 3. The number of nitrogens with zero attached hydrogens (tertiary/aromatic N) is 3. The first-order valence-corrected chi connectivity index (χ1v) is 8.01. The fraction of sp³-hybridized carbons (Fsp3) is 0.429. The first-order chi connectivity index (χ1) is 9.24. The molecule has 0 saturated heterocycles. The number of rotatable bonds is 6. The van der Waals surface area contributed by atoms with Crippen LogP contribution in [0.5, 0.6) is 0 Å². The molecule has 0 fully saturated rings. The predicted octanol–water partition coefficient (Wildman–Crippen LogP) is 4.30. The van der Waals surface area contributed by atoms with E-state index in [4.69, 9.17) is 11.6 Å². The van der Waals surface area contributed by atoms with E-state index in [1.165, 1.54) is 0 Å². The third kappa shape index (κ3) is 3.51. The highest BCUT2D eigenvalue weighted by molar-refractivity contribution is 7.99. The number of hydrogen-bond donors (Lipinski definition) is 0. The zero-order valence-corrected chi connectivity index (χ0v) is 12.8. The summed E-state index contributed by atoms with van der Waals surface area (Å²) >= 11 is 8.13. The second-order valence-electron chi connectivity index (χ2n) is 4.36. The maximum Gasteiger partial charge on any atom is 0.225 e. The van der Waals surface area contributed by atoms with Crippen molar-refractivity contribution in [3.8, 4) is 11.4 Å². The molecule has 0 radical (unpaired) electrons. The van der Waals surface area contributed by atoms with Crippen LogP contribution in [0.25, 0.3) is 11.4 Å². The molecule has 1 heterocycles. The van der Waals surface area contributed by atoms with Gasteiger partial charge in [0, 0.05) is 11.6 Å². The molecule has 0 aliphatic rings. The molecule has 3 nitrogen and oxygen atoms in total. The Morgan fingerprint density at radius 3 is 2.68 bits per heavy atom. The van der Waals surface area contributed by atoms with E-state index in [1.807, 2.05) is 46.7 Å². The third-order valence-corrected chi connectivity index (χ3v) is 4.20. The van der Waals surface area contributed by atoms with Crippen LogP contribution in [0.4, 0.5) is 0 Å². The molecule has 2 aromatic rings. The van der Waals surface area contributed by atoms with Crippen molar-refractivity contribution < 1.29 is 0 Å². The molecule has 0 saturated carbocycles. The van der Waals surface area contributed by atoms with Gasteiger partial charge < -0.3 is 0 Å². The monoisotopic (exact) mass is 295 g/mol. The summed E-state index contributed by atoms with van der Waals surface area (Å²) in [4.78, 5) is 0. The average Bonchev–Trinajstić information content (AvgIpc) is 2.82. The topological polar surface area (TPSA) is 30.7 Å². The van der Waals surface area contributed by atoms with Gasteiger partial charge in [-0.15, -0.1) is 10.2 Å². The Bertz CT molecular complexity index is 513. The van der Waals surface area contributed by atoms with Crippen molar-refractivity contribution in [2.45, 2.75) is 26.3 Å². The maximum atomic E-state index is 6.19. The Kier molecular flexibility index (Phi) is 5.28. The van der Waals surface area contributed by atoms with Crippen molar-refractivity contribution in [1.82, 2.24) is 14.8 Å². The van der Waals surface area contributed by atoms with Gasteiger partial charge in [-0.1, -0.05) is 37.3 Å². The van der Waals surface area contributed by atoms with Crippen LogP contribution in [0.3, 0.4) is 0 Å². The minimum Gasteiger partial charge on any atom is -0.295 e. The lowest BCUT2D eigenvalue weighted by atomic mass is 10.2. The third-order valence-electron chi connectivity index (χ3n) is 3.01. The van der Waals surface area contributed by atoms with Crippen LogP contribution in [-0.4, -0.2) is 26.3 Å². The molecule has 5 heteroatoms. The minimum absolute atomic E-state index is 0.303. The molecule has 0 aliphatic heterocycles. The summed E-state index contributed by atoms with van der Waals surface area (Å²) in [5, 5.41) is 8.69. The molecule has 1 aromatic heterocycles. The van der Waals surface area contributed by atoms with Crippen molar-refractivity contribution in [3.63, 3.8) is 0 Å². The van der Waals surface area contributed by atoms with Crippen LogP contribution < -0.4 is 0 Å². The Morgan fingerprint density at radius 2 is 2.00 bits per heavy atom. The number of aromatic nitrogens is 3. The fourth-order valence-corrected chi connectivity index (χ4v) is 3.06. The van der Waals surface area contributed by atoms with E-state index in [9.17, 15) is 0 Å². The first kappa shape index (κ1) is 14.4. The molecule has 1 atom stereocenters. The average molecular weight is 296 g/mol. The van der Waals surface area contributed by atoms with Gasteiger partial charge in [0.05, 0.1) is 0 Å². The van der Waals surface area contributed by atoms with Crippen molar-refractivity contribution in [2.24, 2.45) is 0 Å². The molecule has 2 rings (SSSR count). The molecule has 102 valence electrons. The van der Waals surface area contributed by atoms with Crippen LogP contribution >= 0.6 is 23.4 Å². The van der Waals surface area contributed by atoms with Crippen LogP contribution in [0, 0.1) is 0 Å². The second-order valence-corrected chi connectivity index (χ2v) is 6.10. The van der Waals surface area contributed by atoms with Crippen molar-refractivity contribution in [2.75, 3.05) is 11.5 Å². The standard InChI is InChI=1S/C14H18ClN3S/c1-3-19-10-9-11(2)18-13(16-17-14(18)15)12-7-5-4-6-8-12/h4-8,11H,3,9-10H2,1-2H3. The maximum absolute atomic E-state index is 6.19. The minimum atomic E-state index is 0.303. The number of thioether (sulfide) groups is 1. The van der Waals surface area contributed by atoms with Crippen LogP contribution in [0.2, 0.25) is 5.28 Å². The molecular formula is C14H18ClN3S. The summed E-state index contributed by atoms with van der Waals surface area (Å²) < 4.78 is 2.02. The molecule has 0 amide bonds. The van der Waals surface area contributed by atoms with Crippen molar-refractivity contribution >= 4 is 23.4 Å². The van der Waals surface area contributed by atoms with Gasteiger partial charge in [-0.3, -0.25) is 4.57 Å². The normalized spacial score (nSPS) is 12.6. The largest absolute Gasteiger partial charge is 0.295 e. The molecule has 0 bridgehead atoms. The summed E-state index contributed by atoms with van der Waals surface area (Å²) in [6, 6.07) is 10.4. The van der Waals surface area contributed by atoms with Crippen LogP contribution in [0.15, 0.2) is 30.3 Å². The van der Waals surface area contributed by atoms with E-state index < -0.39 is 0 Å². The summed E-state index contributed by atoms with van der Waals surface area (Å²) in [7, 11) is 0. The Hall–Kier alpha value is -1.00. The highest BCUT2D eigenvalue weighted by Crippen LogP contribution is 2.27. The Labute approximate surface area is 123 Å². The highest BCUT2D eigenvalue weighted by atomic mass is 35.5. The van der Waals surface area contributed by atoms with Crippen LogP contribution in [-0.2, 0) is 0 Å². The molecule has 19 heavy (non-hydrogen) atoms. The van der Waals surface area contributed by atoms with Gasteiger partial charge in [0.1, 0.15) is 0 Å². The first-order valence-electron chi connectivity index (χ1n) is 6.47. The zero-order valence-electron chi connectivity index (χ0n) is 11.2. The smallest absolute Gasteiger partial charge is 0.225 e. The van der Waals surface area contributed by atoms with E-state index in [0.717, 1.165) is 29.3 Å². The quantitative estimate of drug-likeness (QED) is 0.744. The van der Waals surface area contributed by atoms with E-state index in [2.05, 4.69) is 24.0 Å². The molecule has 0 aliphatic carbocycles. The predicted molar refractivity (Wildman–Crippen MR) is 82.8 cm³/mol. The van der Waals surface area contributed by atoms with Gasteiger partial charge in [-0.05, 0) is 36.5 Å². The summed E-state index contributed by atoms with van der Waals surface area (Å²) in [5.41, 5.74) is 1.05. The molecule has 1 unspecified atom stereocenters. The number of halogens is 1. The lowest BCUT2D eigenvalue weighted by Crippen LogP contribution is -2.08. The van der Waals surface area contributed by atoms with Gasteiger partial charge in [-0.2, -0.15) is 11.8 Å². The highest BCUT2D eigenvalue weighted by Gasteiger charge is 2.17. The van der Waals surface area contributed by atoms with Gasteiger partial charge in [0.15, 0.2) is 5.82 Å². The molecular weight excluding hydrogens is 278 g/mol. The van der Waals surface area contributed by atoms with E-state index in [0.29, 0.717) is 11.3 Å². The van der Waals surface area contributed by atoms with Crippen molar-refractivity contribution in [1.29, 1.82) is 0 Å². The van der Waals surface area contributed by atoms with E-state index in [-0.39, 0.29) is 0 Å². The lowest BCUT2D eigenvalue weighted by Gasteiger charge is -2.16. The Balaban J connectivity index is 2.23. The van der Waals surface area contributed by atoms with E-state index in [1.54, 1.807) is 0 Å². The molecule has 0 N–H and O–H groups in total. The fourth-order valence-electron chi connectivity index (χ4n) is 1.97. The molecule has 0 spiro atoms.